The van der Waals surface area contributed by atoms with Gasteiger partial charge < -0.3 is 34.6 Å². The van der Waals surface area contributed by atoms with Crippen molar-refractivity contribution in [3.8, 4) is 28.7 Å². The van der Waals surface area contributed by atoms with Gasteiger partial charge in [0.05, 0.1) is 30.3 Å². The summed E-state index contributed by atoms with van der Waals surface area (Å²) >= 11 is 0. The predicted octanol–water partition coefficient (Wildman–Crippen LogP) is 2.29. The van der Waals surface area contributed by atoms with Crippen LogP contribution in [-0.4, -0.2) is 77.4 Å². The van der Waals surface area contributed by atoms with Gasteiger partial charge in [0.25, 0.3) is 0 Å². The van der Waals surface area contributed by atoms with Gasteiger partial charge in [-0.05, 0) is 51.4 Å². The summed E-state index contributed by atoms with van der Waals surface area (Å²) in [6.45, 7) is 2.40. The molecule has 3 aromatic rings. The average Bonchev–Trinajstić information content (AvgIpc) is 3.30. The van der Waals surface area contributed by atoms with Crippen molar-refractivity contribution in [3.63, 3.8) is 0 Å². The van der Waals surface area contributed by atoms with Gasteiger partial charge in [-0.1, -0.05) is 0 Å². The highest BCUT2D eigenvalue weighted by Gasteiger charge is 2.43. The van der Waals surface area contributed by atoms with E-state index in [1.165, 1.54) is 19.1 Å². The molecule has 3 heterocycles. The molecule has 0 spiro atoms. The number of nitrogens with two attached hydrogens (primary N) is 1. The number of aromatic nitrogens is 4. The molecule has 1 aliphatic rings. The van der Waals surface area contributed by atoms with Crippen molar-refractivity contribution in [1.82, 2.24) is 24.8 Å². The number of nitrogens with one attached hydrogen (secondary N) is 1. The van der Waals surface area contributed by atoms with Gasteiger partial charge in [-0.15, -0.1) is 0 Å². The third-order valence-electron chi connectivity index (χ3n) is 5.51. The quantitative estimate of drug-likeness (QED) is 0.338. The molecule has 2 aromatic heterocycles. The number of esters is 1. The number of H-pyrrole nitrogens is 1. The minimum atomic E-state index is -1.23. The van der Waals surface area contributed by atoms with E-state index in [1.54, 1.807) is 24.4 Å². The lowest BCUT2D eigenvalue weighted by molar-refractivity contribution is -0.236. The number of hydrogen-bond acceptors (Lipinski definition) is 10. The molecule has 1 fully saturated rings. The summed E-state index contributed by atoms with van der Waals surface area (Å²) in [6, 6.07) is 7.71. The van der Waals surface area contributed by atoms with Crippen molar-refractivity contribution in [2.24, 2.45) is 11.1 Å². The van der Waals surface area contributed by atoms with Crippen molar-refractivity contribution in [2.75, 3.05) is 40.5 Å². The van der Waals surface area contributed by atoms with Crippen LogP contribution in [0.15, 0.2) is 36.5 Å². The summed E-state index contributed by atoms with van der Waals surface area (Å²) in [5, 5.41) is 0. The van der Waals surface area contributed by atoms with E-state index in [2.05, 4.69) is 24.7 Å². The van der Waals surface area contributed by atoms with Gasteiger partial charge in [-0.25, -0.2) is 19.2 Å². The Balaban J connectivity index is 1.61. The van der Waals surface area contributed by atoms with Crippen molar-refractivity contribution >= 4 is 12.1 Å². The molecule has 1 aromatic carbocycles. The molecule has 0 atom stereocenters. The molecule has 4 rings (SSSR count). The first-order valence-corrected chi connectivity index (χ1v) is 11.4. The molecule has 0 saturated carbocycles. The smallest absolute Gasteiger partial charge is 0.412 e. The van der Waals surface area contributed by atoms with E-state index in [4.69, 9.17) is 19.9 Å². The number of benzene rings is 1. The molecule has 12 nitrogen and oxygen atoms in total. The number of halogens is 1. The SMILES string of the molecule is CN(C)CCOc1nccc(-c2[nH]c(C3OCC(C)(C(=O)OC(N)=O)CO3)nc2-c2ccc(F)cc2)n1. The van der Waals surface area contributed by atoms with Crippen LogP contribution in [0.3, 0.4) is 0 Å². The predicted molar refractivity (Wildman–Crippen MR) is 127 cm³/mol. The first kappa shape index (κ1) is 26.1. The molecule has 1 amide bonds. The lowest BCUT2D eigenvalue weighted by atomic mass is 9.92. The molecular weight excluding hydrogens is 487 g/mol. The topological polar surface area (TPSA) is 155 Å². The Morgan fingerprint density at radius 2 is 1.89 bits per heavy atom. The van der Waals surface area contributed by atoms with Gasteiger partial charge in [-0.2, -0.15) is 4.98 Å². The van der Waals surface area contributed by atoms with Gasteiger partial charge >= 0.3 is 18.1 Å². The number of likely N-dealkylation sites (N-methyl/N-ethyl adjacent to an activating group) is 1. The molecule has 13 heteroatoms. The van der Waals surface area contributed by atoms with E-state index in [0.29, 0.717) is 41.6 Å². The minimum Gasteiger partial charge on any atom is -0.462 e. The summed E-state index contributed by atoms with van der Waals surface area (Å²) in [4.78, 5) is 41.6. The van der Waals surface area contributed by atoms with E-state index in [1.807, 2.05) is 19.0 Å². The number of nitrogens with zero attached hydrogens (tertiary/aromatic N) is 4. The Hall–Kier alpha value is -3.94. The Morgan fingerprint density at radius 1 is 1.19 bits per heavy atom. The van der Waals surface area contributed by atoms with Crippen molar-refractivity contribution in [1.29, 1.82) is 0 Å². The van der Waals surface area contributed by atoms with Gasteiger partial charge in [0.1, 0.15) is 17.8 Å². The molecule has 0 aliphatic carbocycles. The van der Waals surface area contributed by atoms with E-state index in [0.717, 1.165) is 0 Å². The number of carbonyl (C=O) groups excluding carboxylic acids is 2. The fourth-order valence-electron chi connectivity index (χ4n) is 3.47. The van der Waals surface area contributed by atoms with Crippen LogP contribution in [0.25, 0.3) is 22.6 Å². The molecule has 0 bridgehead atoms. The molecule has 196 valence electrons. The molecule has 0 unspecified atom stereocenters. The van der Waals surface area contributed by atoms with E-state index in [-0.39, 0.29) is 25.0 Å². The van der Waals surface area contributed by atoms with Gasteiger partial charge in [0.15, 0.2) is 5.82 Å². The number of imidazole rings is 1. The van der Waals surface area contributed by atoms with Crippen LogP contribution >= 0.6 is 0 Å². The zero-order chi connectivity index (χ0) is 26.6. The highest BCUT2D eigenvalue weighted by atomic mass is 19.1. The zero-order valence-electron chi connectivity index (χ0n) is 20.6. The van der Waals surface area contributed by atoms with Crippen LogP contribution in [-0.2, 0) is 19.0 Å². The second kappa shape index (κ2) is 11.0. The van der Waals surface area contributed by atoms with Crippen LogP contribution in [0.1, 0.15) is 19.0 Å². The summed E-state index contributed by atoms with van der Waals surface area (Å²) in [5.41, 5.74) is 5.81. The monoisotopic (exact) mass is 514 g/mol. The Kier molecular flexibility index (Phi) is 7.76. The average molecular weight is 515 g/mol. The fourth-order valence-corrected chi connectivity index (χ4v) is 3.47. The van der Waals surface area contributed by atoms with Crippen LogP contribution < -0.4 is 10.5 Å². The Bertz CT molecular complexity index is 1260. The summed E-state index contributed by atoms with van der Waals surface area (Å²) in [6.07, 6.45) is -0.603. The summed E-state index contributed by atoms with van der Waals surface area (Å²) < 4.78 is 35.2. The lowest BCUT2D eigenvalue weighted by Crippen LogP contribution is -2.45. The molecule has 37 heavy (non-hydrogen) atoms. The standard InChI is InChI=1S/C24H27FN6O6/c1-24(21(32)37-22(26)33)12-35-20(36-13-24)19-29-17(14-4-6-15(25)7-5-14)18(30-19)16-8-9-27-23(28-16)34-11-10-31(2)3/h4-9,20H,10-13H2,1-3H3,(H2,26,33)(H,29,30). The number of hydrogen-bond donors (Lipinski definition) is 2. The number of primary amides is 1. The largest absolute Gasteiger partial charge is 0.462 e. The van der Waals surface area contributed by atoms with Crippen LogP contribution in [0, 0.1) is 11.2 Å². The number of amides is 1. The van der Waals surface area contributed by atoms with Gasteiger partial charge in [-0.3, -0.25) is 4.79 Å². The third-order valence-corrected chi connectivity index (χ3v) is 5.51. The van der Waals surface area contributed by atoms with E-state index >= 15 is 0 Å². The number of aromatic amines is 1. The second-order valence-electron chi connectivity index (χ2n) is 8.95. The van der Waals surface area contributed by atoms with Crippen molar-refractivity contribution in [2.45, 2.75) is 13.2 Å². The first-order chi connectivity index (χ1) is 17.6. The van der Waals surface area contributed by atoms with E-state index < -0.39 is 23.8 Å². The molecular formula is C24H27FN6O6. The van der Waals surface area contributed by atoms with Crippen LogP contribution in [0.5, 0.6) is 6.01 Å². The fraction of sp³-hybridized carbons (Fsp3) is 0.375. The molecule has 1 saturated heterocycles. The van der Waals surface area contributed by atoms with Gasteiger partial charge in [0, 0.05) is 18.3 Å². The molecule has 0 radical (unpaired) electrons. The summed E-state index contributed by atoms with van der Waals surface area (Å²) in [5.74, 6) is -0.942. The molecule has 3 N–H and O–H groups in total. The maximum Gasteiger partial charge on any atom is 0.412 e. The maximum atomic E-state index is 13.6. The second-order valence-corrected chi connectivity index (χ2v) is 8.95. The van der Waals surface area contributed by atoms with Gasteiger partial charge in [0.2, 0.25) is 6.29 Å². The Labute approximate surface area is 211 Å². The van der Waals surface area contributed by atoms with Crippen molar-refractivity contribution < 1.29 is 32.9 Å². The lowest BCUT2D eigenvalue weighted by Gasteiger charge is -2.34. The summed E-state index contributed by atoms with van der Waals surface area (Å²) in [7, 11) is 3.86. The zero-order valence-corrected chi connectivity index (χ0v) is 20.6. The highest BCUT2D eigenvalue weighted by Crippen LogP contribution is 2.36. The van der Waals surface area contributed by atoms with Crippen LogP contribution in [0.2, 0.25) is 0 Å². The first-order valence-electron chi connectivity index (χ1n) is 11.4. The normalized spacial score (nSPS) is 19.5. The minimum absolute atomic E-state index is 0.108. The maximum absolute atomic E-state index is 13.6. The Morgan fingerprint density at radius 3 is 2.54 bits per heavy atom. The number of rotatable bonds is 8. The number of ether oxygens (including phenoxy) is 4. The van der Waals surface area contributed by atoms with Crippen molar-refractivity contribution in [3.05, 3.63) is 48.2 Å². The van der Waals surface area contributed by atoms with E-state index in [9.17, 15) is 14.0 Å². The van der Waals surface area contributed by atoms with Crippen LogP contribution in [0.4, 0.5) is 9.18 Å². The highest BCUT2D eigenvalue weighted by molar-refractivity contribution is 5.87. The molecule has 1 aliphatic heterocycles. The number of carbonyl (C=O) groups is 2. The third kappa shape index (κ3) is 6.25.